The van der Waals surface area contributed by atoms with Gasteiger partial charge in [-0.2, -0.15) is 0 Å². The van der Waals surface area contributed by atoms with Gasteiger partial charge in [-0.05, 0) is 61.7 Å². The van der Waals surface area contributed by atoms with Crippen LogP contribution in [-0.4, -0.2) is 36.5 Å². The maximum atomic E-state index is 12.5. The molecule has 0 aromatic heterocycles. The number of benzene rings is 2. The molecular formula is C23H27ClN2O3. The summed E-state index contributed by atoms with van der Waals surface area (Å²) in [5, 5.41) is 4.14. The topological polar surface area (TPSA) is 58.6 Å². The Morgan fingerprint density at radius 2 is 1.90 bits per heavy atom. The number of halogens is 1. The molecule has 1 aliphatic heterocycles. The molecule has 5 nitrogen and oxygen atoms in total. The highest BCUT2D eigenvalue weighted by molar-refractivity contribution is 6.30. The molecule has 6 heteroatoms. The Kier molecular flexibility index (Phi) is 7.29. The second-order valence-electron chi connectivity index (χ2n) is 7.37. The lowest BCUT2D eigenvalue weighted by Gasteiger charge is -2.31. The molecule has 1 fully saturated rings. The molecule has 1 aliphatic rings. The predicted octanol–water partition coefficient (Wildman–Crippen LogP) is 4.36. The van der Waals surface area contributed by atoms with E-state index >= 15 is 0 Å². The van der Waals surface area contributed by atoms with Crippen LogP contribution in [-0.2, 0) is 16.1 Å². The minimum absolute atomic E-state index is 0.0399. The average Bonchev–Trinajstić information content (AvgIpc) is 3.11. The summed E-state index contributed by atoms with van der Waals surface area (Å²) in [4.78, 5) is 26.0. The van der Waals surface area contributed by atoms with Crippen molar-refractivity contribution in [2.75, 3.05) is 13.7 Å². The Labute approximate surface area is 177 Å². The molecule has 1 saturated heterocycles. The van der Waals surface area contributed by atoms with E-state index in [1.54, 1.807) is 12.1 Å². The summed E-state index contributed by atoms with van der Waals surface area (Å²) in [5.74, 6) is -0.110. The lowest BCUT2D eigenvalue weighted by atomic mass is 10.0. The van der Waals surface area contributed by atoms with Crippen molar-refractivity contribution >= 4 is 23.5 Å². The first kappa shape index (κ1) is 21.3. The van der Waals surface area contributed by atoms with Crippen LogP contribution in [0.4, 0.5) is 0 Å². The van der Waals surface area contributed by atoms with Crippen molar-refractivity contribution in [3.05, 3.63) is 70.2 Å². The van der Waals surface area contributed by atoms with Crippen LogP contribution in [0.2, 0.25) is 5.02 Å². The minimum atomic E-state index is -0.328. The van der Waals surface area contributed by atoms with Crippen molar-refractivity contribution in [2.24, 2.45) is 0 Å². The van der Waals surface area contributed by atoms with Gasteiger partial charge in [0.2, 0.25) is 5.91 Å². The third-order valence-corrected chi connectivity index (χ3v) is 5.75. The number of nitrogens with one attached hydrogen (secondary N) is 1. The van der Waals surface area contributed by atoms with Crippen LogP contribution in [0.5, 0.6) is 0 Å². The molecule has 0 saturated carbocycles. The average molecular weight is 415 g/mol. The zero-order valence-electron chi connectivity index (χ0n) is 16.9. The van der Waals surface area contributed by atoms with Crippen molar-refractivity contribution in [3.8, 4) is 0 Å². The van der Waals surface area contributed by atoms with Crippen LogP contribution in [0.1, 0.15) is 53.7 Å². The number of nitrogens with zero attached hydrogens (tertiary/aromatic N) is 1. The number of hydrogen-bond donors (Lipinski definition) is 1. The summed E-state index contributed by atoms with van der Waals surface area (Å²) in [5.41, 5.74) is 2.76. The molecule has 2 aromatic carbocycles. The van der Waals surface area contributed by atoms with Gasteiger partial charge in [-0.25, -0.2) is 4.79 Å². The van der Waals surface area contributed by atoms with E-state index in [4.69, 9.17) is 16.3 Å². The van der Waals surface area contributed by atoms with Crippen molar-refractivity contribution < 1.29 is 14.3 Å². The van der Waals surface area contributed by atoms with E-state index < -0.39 is 0 Å². The summed E-state index contributed by atoms with van der Waals surface area (Å²) >= 11 is 5.99. The van der Waals surface area contributed by atoms with E-state index in [-0.39, 0.29) is 24.0 Å². The summed E-state index contributed by atoms with van der Waals surface area (Å²) in [7, 11) is 1.38. The number of methoxy groups -OCH3 is 1. The zero-order valence-corrected chi connectivity index (χ0v) is 17.6. The molecule has 0 radical (unpaired) electrons. The van der Waals surface area contributed by atoms with Gasteiger partial charge in [-0.1, -0.05) is 35.9 Å². The highest BCUT2D eigenvalue weighted by Gasteiger charge is 2.34. The van der Waals surface area contributed by atoms with Crippen LogP contribution in [0.3, 0.4) is 0 Å². The third kappa shape index (κ3) is 5.37. The molecule has 2 aromatic rings. The van der Waals surface area contributed by atoms with Crippen LogP contribution in [0.15, 0.2) is 48.5 Å². The summed E-state index contributed by atoms with van der Waals surface area (Å²) in [6.45, 7) is 3.62. The molecule has 29 heavy (non-hydrogen) atoms. The number of carbonyl (C=O) groups is 2. The highest BCUT2D eigenvalue weighted by atomic mass is 35.5. The first-order valence-corrected chi connectivity index (χ1v) is 10.3. The van der Waals surface area contributed by atoms with Gasteiger partial charge in [0.05, 0.1) is 18.7 Å². The minimum Gasteiger partial charge on any atom is -0.465 e. The molecule has 1 amide bonds. The summed E-state index contributed by atoms with van der Waals surface area (Å²) < 4.78 is 4.71. The summed E-state index contributed by atoms with van der Waals surface area (Å²) in [6.07, 6.45) is 2.41. The zero-order chi connectivity index (χ0) is 20.8. The molecule has 3 rings (SSSR count). The fourth-order valence-electron chi connectivity index (χ4n) is 3.86. The highest BCUT2D eigenvalue weighted by Crippen LogP contribution is 2.32. The van der Waals surface area contributed by atoms with Crippen LogP contribution in [0.25, 0.3) is 0 Å². The number of amides is 1. The fraction of sp³-hybridized carbons (Fsp3) is 0.391. The van der Waals surface area contributed by atoms with Crippen LogP contribution < -0.4 is 5.32 Å². The molecule has 1 heterocycles. The Bertz CT molecular complexity index is 836. The molecule has 2 atom stereocenters. The van der Waals surface area contributed by atoms with Gasteiger partial charge in [0.15, 0.2) is 0 Å². The summed E-state index contributed by atoms with van der Waals surface area (Å²) in [6, 6.07) is 15.4. The maximum Gasteiger partial charge on any atom is 0.337 e. The van der Waals surface area contributed by atoms with Crippen molar-refractivity contribution in [1.29, 1.82) is 0 Å². The number of carbonyl (C=O) groups excluding carboxylic acids is 2. The lowest BCUT2D eigenvalue weighted by molar-refractivity contribution is -0.131. The van der Waals surface area contributed by atoms with Gasteiger partial charge in [-0.3, -0.25) is 4.79 Å². The van der Waals surface area contributed by atoms with Crippen molar-refractivity contribution in [1.82, 2.24) is 10.2 Å². The smallest absolute Gasteiger partial charge is 0.337 e. The second kappa shape index (κ2) is 9.90. The van der Waals surface area contributed by atoms with Gasteiger partial charge in [0.1, 0.15) is 0 Å². The number of rotatable bonds is 8. The fourth-order valence-corrected chi connectivity index (χ4v) is 3.98. The predicted molar refractivity (Wildman–Crippen MR) is 114 cm³/mol. The Morgan fingerprint density at radius 1 is 1.21 bits per heavy atom. The monoisotopic (exact) mass is 414 g/mol. The van der Waals surface area contributed by atoms with Gasteiger partial charge in [0, 0.05) is 24.0 Å². The Morgan fingerprint density at radius 3 is 2.55 bits per heavy atom. The van der Waals surface area contributed by atoms with E-state index in [0.717, 1.165) is 37.1 Å². The quantitative estimate of drug-likeness (QED) is 0.515. The van der Waals surface area contributed by atoms with E-state index in [1.165, 1.54) is 7.11 Å². The first-order chi connectivity index (χ1) is 14.0. The standard InChI is InChI=1S/C23H27ClN2O3/c1-16(18-7-9-20(24)10-8-18)26-21(11-12-22(26)27)13-14-25-15-17-3-5-19(6-4-17)23(28)29-2/h3-10,16,21,25H,11-15H2,1-2H3/t16-,21-/m1/s1. The molecule has 0 spiro atoms. The Hall–Kier alpha value is -2.37. The maximum absolute atomic E-state index is 12.5. The molecule has 154 valence electrons. The van der Waals surface area contributed by atoms with Crippen LogP contribution >= 0.6 is 11.6 Å². The number of esters is 1. The molecule has 0 aliphatic carbocycles. The normalized spacial score (nSPS) is 17.4. The first-order valence-electron chi connectivity index (χ1n) is 9.94. The second-order valence-corrected chi connectivity index (χ2v) is 7.81. The van der Waals surface area contributed by atoms with Gasteiger partial charge in [-0.15, -0.1) is 0 Å². The SMILES string of the molecule is COC(=O)c1ccc(CNCC[C@H]2CCC(=O)N2[C@H](C)c2ccc(Cl)cc2)cc1. The molecule has 1 N–H and O–H groups in total. The molecule has 0 bridgehead atoms. The number of hydrogen-bond acceptors (Lipinski definition) is 4. The van der Waals surface area contributed by atoms with E-state index in [2.05, 4.69) is 12.2 Å². The van der Waals surface area contributed by atoms with Gasteiger partial charge < -0.3 is 15.0 Å². The number of likely N-dealkylation sites (tertiary alicyclic amines) is 1. The Balaban J connectivity index is 1.51. The van der Waals surface area contributed by atoms with E-state index in [9.17, 15) is 9.59 Å². The lowest BCUT2D eigenvalue weighted by Crippen LogP contribution is -2.37. The molecule has 0 unspecified atom stereocenters. The van der Waals surface area contributed by atoms with E-state index in [1.807, 2.05) is 41.3 Å². The van der Waals surface area contributed by atoms with Crippen molar-refractivity contribution in [3.63, 3.8) is 0 Å². The van der Waals surface area contributed by atoms with Gasteiger partial charge >= 0.3 is 5.97 Å². The van der Waals surface area contributed by atoms with Gasteiger partial charge in [0.25, 0.3) is 0 Å². The molecular weight excluding hydrogens is 388 g/mol. The third-order valence-electron chi connectivity index (χ3n) is 5.50. The van der Waals surface area contributed by atoms with E-state index in [0.29, 0.717) is 17.0 Å². The largest absolute Gasteiger partial charge is 0.465 e. The number of ether oxygens (including phenoxy) is 1. The van der Waals surface area contributed by atoms with Crippen molar-refractivity contribution in [2.45, 2.75) is 44.8 Å². The van der Waals surface area contributed by atoms with Crippen LogP contribution in [0, 0.1) is 0 Å².